The van der Waals surface area contributed by atoms with Gasteiger partial charge in [-0.15, -0.1) is 0 Å². The molecule has 2 heterocycles. The standard InChI is InChI=1S/C36H43FN4O5/c1-24-11-12-28(38-34(43)26-19-27(37)22-29(20-26)40-15-6-5-7-16-40)23-32(24)39-33(42)25-9-8-10-31(21-25)45-30-13-17-41(18-14-30)35(44)46-36(2,3)4/h8-12,19-23,30H,5-7,13-18H2,1-4H3,(H,38,43)(H,39,42). The first-order chi connectivity index (χ1) is 21.9. The maximum Gasteiger partial charge on any atom is 0.410 e. The molecule has 0 aromatic heterocycles. The summed E-state index contributed by atoms with van der Waals surface area (Å²) in [7, 11) is 0. The summed E-state index contributed by atoms with van der Waals surface area (Å²) < 4.78 is 26.1. The molecule has 3 aromatic rings. The second-order valence-electron chi connectivity index (χ2n) is 13.0. The number of aryl methyl sites for hydroxylation is 1. The topological polar surface area (TPSA) is 100 Å². The van der Waals surface area contributed by atoms with Crippen LogP contribution in [0.4, 0.5) is 26.2 Å². The van der Waals surface area contributed by atoms with Crippen LogP contribution in [0.1, 0.15) is 79.2 Å². The molecule has 3 aromatic carbocycles. The van der Waals surface area contributed by atoms with E-state index in [2.05, 4.69) is 15.5 Å². The van der Waals surface area contributed by atoms with E-state index in [1.807, 2.05) is 33.8 Å². The fourth-order valence-electron chi connectivity index (χ4n) is 5.66. The second-order valence-corrected chi connectivity index (χ2v) is 13.0. The third-order valence-corrected chi connectivity index (χ3v) is 8.10. The summed E-state index contributed by atoms with van der Waals surface area (Å²) in [6, 6.07) is 16.6. The summed E-state index contributed by atoms with van der Waals surface area (Å²) in [4.78, 5) is 42.6. The van der Waals surface area contributed by atoms with Crippen molar-refractivity contribution in [2.45, 2.75) is 71.5 Å². The first kappa shape index (κ1) is 32.8. The molecule has 0 spiro atoms. The number of anilines is 3. The van der Waals surface area contributed by atoms with Gasteiger partial charge in [-0.3, -0.25) is 9.59 Å². The Labute approximate surface area is 270 Å². The van der Waals surface area contributed by atoms with E-state index in [1.54, 1.807) is 47.4 Å². The molecule has 2 aliphatic rings. The van der Waals surface area contributed by atoms with Crippen molar-refractivity contribution in [3.05, 3.63) is 83.2 Å². The van der Waals surface area contributed by atoms with Gasteiger partial charge in [0.1, 0.15) is 23.3 Å². The number of piperidine rings is 2. The number of amides is 3. The van der Waals surface area contributed by atoms with Gasteiger partial charge in [0.25, 0.3) is 11.8 Å². The van der Waals surface area contributed by atoms with Gasteiger partial charge in [-0.05, 0) is 101 Å². The van der Waals surface area contributed by atoms with E-state index < -0.39 is 17.3 Å². The summed E-state index contributed by atoms with van der Waals surface area (Å²) in [6.45, 7) is 10.2. The minimum absolute atomic E-state index is 0.0893. The van der Waals surface area contributed by atoms with Crippen molar-refractivity contribution in [3.8, 4) is 5.75 Å². The molecule has 0 atom stereocenters. The summed E-state index contributed by atoms with van der Waals surface area (Å²) in [5.41, 5.74) is 2.65. The number of hydrogen-bond donors (Lipinski definition) is 2. The number of rotatable bonds is 7. The second kappa shape index (κ2) is 14.2. The molecule has 46 heavy (non-hydrogen) atoms. The number of likely N-dealkylation sites (tertiary alicyclic amines) is 1. The van der Waals surface area contributed by atoms with Crippen LogP contribution in [0.5, 0.6) is 5.75 Å². The molecule has 244 valence electrons. The van der Waals surface area contributed by atoms with Crippen LogP contribution in [0.3, 0.4) is 0 Å². The number of halogens is 1. The lowest BCUT2D eigenvalue weighted by Crippen LogP contribution is -2.44. The van der Waals surface area contributed by atoms with E-state index in [-0.39, 0.29) is 23.7 Å². The highest BCUT2D eigenvalue weighted by Gasteiger charge is 2.28. The normalized spacial score (nSPS) is 15.7. The van der Waals surface area contributed by atoms with E-state index in [0.29, 0.717) is 54.3 Å². The van der Waals surface area contributed by atoms with E-state index in [4.69, 9.17) is 9.47 Å². The molecule has 0 bridgehead atoms. The van der Waals surface area contributed by atoms with Crippen LogP contribution in [-0.2, 0) is 4.74 Å². The van der Waals surface area contributed by atoms with E-state index >= 15 is 0 Å². The molecule has 0 radical (unpaired) electrons. The number of hydrogen-bond acceptors (Lipinski definition) is 6. The van der Waals surface area contributed by atoms with Gasteiger partial charge in [0.2, 0.25) is 0 Å². The zero-order chi connectivity index (χ0) is 32.8. The fraction of sp³-hybridized carbons (Fsp3) is 0.417. The van der Waals surface area contributed by atoms with Crippen LogP contribution in [0.15, 0.2) is 60.7 Å². The molecule has 2 N–H and O–H groups in total. The predicted molar refractivity (Wildman–Crippen MR) is 177 cm³/mol. The Hall–Kier alpha value is -4.60. The fourth-order valence-corrected chi connectivity index (χ4v) is 5.66. The molecule has 2 saturated heterocycles. The van der Waals surface area contributed by atoms with Crippen molar-refractivity contribution in [2.75, 3.05) is 41.7 Å². The maximum atomic E-state index is 14.5. The van der Waals surface area contributed by atoms with Gasteiger partial charge in [-0.2, -0.15) is 0 Å². The van der Waals surface area contributed by atoms with Crippen LogP contribution in [-0.4, -0.2) is 60.7 Å². The lowest BCUT2D eigenvalue weighted by Gasteiger charge is -2.33. The minimum Gasteiger partial charge on any atom is -0.490 e. The maximum absolute atomic E-state index is 14.5. The Bertz CT molecular complexity index is 1570. The lowest BCUT2D eigenvalue weighted by molar-refractivity contribution is 0.0126. The van der Waals surface area contributed by atoms with Crippen molar-refractivity contribution in [1.29, 1.82) is 0 Å². The highest BCUT2D eigenvalue weighted by Crippen LogP contribution is 2.26. The molecule has 0 unspecified atom stereocenters. The van der Waals surface area contributed by atoms with E-state index in [9.17, 15) is 18.8 Å². The van der Waals surface area contributed by atoms with Crippen molar-refractivity contribution < 1.29 is 28.2 Å². The molecule has 2 fully saturated rings. The molecule has 5 rings (SSSR count). The Morgan fingerprint density at radius 3 is 2.26 bits per heavy atom. The molecular weight excluding hydrogens is 587 g/mol. The van der Waals surface area contributed by atoms with Crippen LogP contribution in [0, 0.1) is 12.7 Å². The Kier molecular flexibility index (Phi) is 10.1. The highest BCUT2D eigenvalue weighted by atomic mass is 19.1. The first-order valence-electron chi connectivity index (χ1n) is 16.0. The smallest absolute Gasteiger partial charge is 0.410 e. The molecule has 10 heteroatoms. The monoisotopic (exact) mass is 630 g/mol. The van der Waals surface area contributed by atoms with Gasteiger partial charge in [-0.1, -0.05) is 12.1 Å². The number of nitrogens with one attached hydrogen (secondary N) is 2. The van der Waals surface area contributed by atoms with Gasteiger partial charge < -0.3 is 29.9 Å². The largest absolute Gasteiger partial charge is 0.490 e. The highest BCUT2D eigenvalue weighted by molar-refractivity contribution is 6.07. The van der Waals surface area contributed by atoms with Gasteiger partial charge >= 0.3 is 6.09 Å². The molecule has 0 aliphatic carbocycles. The van der Waals surface area contributed by atoms with E-state index in [1.165, 1.54) is 12.1 Å². The number of carbonyl (C=O) groups excluding carboxylic acids is 3. The number of ether oxygens (including phenoxy) is 2. The zero-order valence-electron chi connectivity index (χ0n) is 27.0. The van der Waals surface area contributed by atoms with Crippen molar-refractivity contribution in [3.63, 3.8) is 0 Å². The summed E-state index contributed by atoms with van der Waals surface area (Å²) in [5.74, 6) is -0.642. The minimum atomic E-state index is -0.543. The summed E-state index contributed by atoms with van der Waals surface area (Å²) in [6.07, 6.45) is 4.15. The van der Waals surface area contributed by atoms with Crippen LogP contribution >= 0.6 is 0 Å². The summed E-state index contributed by atoms with van der Waals surface area (Å²) >= 11 is 0. The zero-order valence-corrected chi connectivity index (χ0v) is 27.0. The van der Waals surface area contributed by atoms with E-state index in [0.717, 1.165) is 37.9 Å². The number of carbonyl (C=O) groups is 3. The van der Waals surface area contributed by atoms with Crippen molar-refractivity contribution in [1.82, 2.24) is 4.90 Å². The Morgan fingerprint density at radius 1 is 0.826 bits per heavy atom. The molecule has 3 amide bonds. The third kappa shape index (κ3) is 8.77. The van der Waals surface area contributed by atoms with Crippen LogP contribution < -0.4 is 20.3 Å². The predicted octanol–water partition coefficient (Wildman–Crippen LogP) is 7.41. The SMILES string of the molecule is Cc1ccc(NC(=O)c2cc(F)cc(N3CCCCC3)c2)cc1NC(=O)c1cccc(OC2CCN(C(=O)OC(C)(C)C)CC2)c1. The molecule has 2 aliphatic heterocycles. The van der Waals surface area contributed by atoms with Gasteiger partial charge in [0, 0.05) is 67.2 Å². The molecule has 9 nitrogen and oxygen atoms in total. The van der Waals surface area contributed by atoms with Gasteiger partial charge in [0.05, 0.1) is 0 Å². The lowest BCUT2D eigenvalue weighted by atomic mass is 10.1. The van der Waals surface area contributed by atoms with Crippen LogP contribution in [0.2, 0.25) is 0 Å². The van der Waals surface area contributed by atoms with Crippen molar-refractivity contribution in [2.24, 2.45) is 0 Å². The number of benzene rings is 3. The molecular formula is C36H43FN4O5. The number of nitrogens with zero attached hydrogens (tertiary/aromatic N) is 2. The molecule has 0 saturated carbocycles. The van der Waals surface area contributed by atoms with Crippen LogP contribution in [0.25, 0.3) is 0 Å². The Morgan fingerprint density at radius 2 is 1.54 bits per heavy atom. The Balaban J connectivity index is 1.19. The third-order valence-electron chi connectivity index (χ3n) is 8.10. The van der Waals surface area contributed by atoms with Gasteiger partial charge in [0.15, 0.2) is 0 Å². The quantitative estimate of drug-likeness (QED) is 0.282. The average molecular weight is 631 g/mol. The first-order valence-corrected chi connectivity index (χ1v) is 16.0. The van der Waals surface area contributed by atoms with Crippen molar-refractivity contribution >= 4 is 35.0 Å². The average Bonchev–Trinajstić information content (AvgIpc) is 3.02. The summed E-state index contributed by atoms with van der Waals surface area (Å²) in [5, 5.41) is 5.78. The van der Waals surface area contributed by atoms with Gasteiger partial charge in [-0.25, -0.2) is 9.18 Å².